The van der Waals surface area contributed by atoms with Gasteiger partial charge in [0.25, 0.3) is 0 Å². The lowest BCUT2D eigenvalue weighted by atomic mass is 9.93. The summed E-state index contributed by atoms with van der Waals surface area (Å²) in [6.07, 6.45) is 3.09. The fourth-order valence-corrected chi connectivity index (χ4v) is 3.94. The molecule has 2 aromatic carbocycles. The van der Waals surface area contributed by atoms with Crippen molar-refractivity contribution in [2.45, 2.75) is 37.6 Å². The zero-order chi connectivity index (χ0) is 17.5. The van der Waals surface area contributed by atoms with Crippen molar-refractivity contribution in [1.82, 2.24) is 0 Å². The van der Waals surface area contributed by atoms with Crippen LogP contribution in [0.25, 0.3) is 11.1 Å². The van der Waals surface area contributed by atoms with E-state index in [1.54, 1.807) is 19.1 Å². The number of sulfone groups is 1. The van der Waals surface area contributed by atoms with Crippen LogP contribution in [0.2, 0.25) is 0 Å². The summed E-state index contributed by atoms with van der Waals surface area (Å²) >= 11 is 0. The molecule has 2 aromatic rings. The number of nitrogens with zero attached hydrogens (tertiary/aromatic N) is 1. The lowest BCUT2D eigenvalue weighted by Gasteiger charge is -2.34. The molecule has 0 spiro atoms. The molecule has 24 heavy (non-hydrogen) atoms. The normalized spacial score (nSPS) is 17.5. The Balaban J connectivity index is 1.99. The predicted molar refractivity (Wildman–Crippen MR) is 95.9 cm³/mol. The number of fused-ring (bicyclic) bond motifs is 1. The molecule has 1 heterocycles. The standard InChI is InChI=1S/C19H21NO3S/c1-13-4-5-17-12-16(8-11-19(17)20(13)14(2)21)15-6-9-18(10-7-15)24(3,22)23/h6-13H,4-5H2,1-3H3/t13-/m0/s1. The van der Waals surface area contributed by atoms with Crippen molar-refractivity contribution in [2.75, 3.05) is 11.2 Å². The van der Waals surface area contributed by atoms with E-state index in [-0.39, 0.29) is 11.9 Å². The van der Waals surface area contributed by atoms with Gasteiger partial charge in [0.15, 0.2) is 9.84 Å². The topological polar surface area (TPSA) is 54.5 Å². The van der Waals surface area contributed by atoms with Crippen LogP contribution in [0.3, 0.4) is 0 Å². The van der Waals surface area contributed by atoms with Gasteiger partial charge in [0.2, 0.25) is 5.91 Å². The summed E-state index contributed by atoms with van der Waals surface area (Å²) in [6, 6.07) is 13.2. The third-order valence-corrected chi connectivity index (χ3v) is 5.69. The minimum Gasteiger partial charge on any atom is -0.310 e. The number of carbonyl (C=O) groups is 1. The van der Waals surface area contributed by atoms with Crippen LogP contribution >= 0.6 is 0 Å². The summed E-state index contributed by atoms with van der Waals surface area (Å²) in [7, 11) is -3.18. The first-order chi connectivity index (χ1) is 11.3. The van der Waals surface area contributed by atoms with Crippen LogP contribution in [0.4, 0.5) is 5.69 Å². The van der Waals surface area contributed by atoms with Gasteiger partial charge in [-0.2, -0.15) is 0 Å². The molecule has 4 nitrogen and oxygen atoms in total. The Morgan fingerprint density at radius 1 is 1.08 bits per heavy atom. The third-order valence-electron chi connectivity index (χ3n) is 4.57. The van der Waals surface area contributed by atoms with E-state index in [2.05, 4.69) is 13.0 Å². The quantitative estimate of drug-likeness (QED) is 0.839. The van der Waals surface area contributed by atoms with Gasteiger partial charge in [0.1, 0.15) is 0 Å². The first kappa shape index (κ1) is 16.7. The lowest BCUT2D eigenvalue weighted by Crippen LogP contribution is -2.40. The van der Waals surface area contributed by atoms with E-state index in [9.17, 15) is 13.2 Å². The Morgan fingerprint density at radius 2 is 1.71 bits per heavy atom. The summed E-state index contributed by atoms with van der Waals surface area (Å²) in [6.45, 7) is 3.67. The second-order valence-corrected chi connectivity index (χ2v) is 8.43. The minimum atomic E-state index is -3.18. The molecule has 0 radical (unpaired) electrons. The first-order valence-corrected chi connectivity index (χ1v) is 9.90. The van der Waals surface area contributed by atoms with Crippen LogP contribution in [-0.4, -0.2) is 26.6 Å². The molecule has 0 N–H and O–H groups in total. The van der Waals surface area contributed by atoms with Crippen molar-refractivity contribution in [1.29, 1.82) is 0 Å². The molecule has 0 unspecified atom stereocenters. The van der Waals surface area contributed by atoms with Gasteiger partial charge in [-0.25, -0.2) is 8.42 Å². The van der Waals surface area contributed by atoms with Gasteiger partial charge in [-0.05, 0) is 60.7 Å². The van der Waals surface area contributed by atoms with Crippen LogP contribution < -0.4 is 4.90 Å². The van der Waals surface area contributed by atoms with Crippen LogP contribution in [0.5, 0.6) is 0 Å². The Labute approximate surface area is 143 Å². The maximum absolute atomic E-state index is 11.9. The van der Waals surface area contributed by atoms with Crippen LogP contribution in [0, 0.1) is 0 Å². The fourth-order valence-electron chi connectivity index (χ4n) is 3.31. The molecule has 0 saturated heterocycles. The monoisotopic (exact) mass is 343 g/mol. The second kappa shape index (κ2) is 6.06. The molecule has 1 amide bonds. The van der Waals surface area contributed by atoms with Gasteiger partial charge in [0, 0.05) is 24.9 Å². The number of benzene rings is 2. The molecular formula is C19H21NO3S. The van der Waals surface area contributed by atoms with Crippen molar-refractivity contribution in [2.24, 2.45) is 0 Å². The molecule has 126 valence electrons. The molecule has 1 atom stereocenters. The fraction of sp³-hybridized carbons (Fsp3) is 0.316. The number of anilines is 1. The van der Waals surface area contributed by atoms with E-state index in [0.717, 1.165) is 35.2 Å². The minimum absolute atomic E-state index is 0.0636. The molecule has 0 aromatic heterocycles. The number of amides is 1. The highest BCUT2D eigenvalue weighted by Gasteiger charge is 2.26. The molecular weight excluding hydrogens is 322 g/mol. The summed E-state index contributed by atoms with van der Waals surface area (Å²) in [4.78, 5) is 14.1. The zero-order valence-electron chi connectivity index (χ0n) is 14.1. The molecule has 5 heteroatoms. The third kappa shape index (κ3) is 3.08. The number of hydrogen-bond donors (Lipinski definition) is 0. The summed E-state index contributed by atoms with van der Waals surface area (Å²) < 4.78 is 23.1. The SMILES string of the molecule is CC(=O)N1c2ccc(-c3ccc(S(C)(=O)=O)cc3)cc2CC[C@@H]1C. The van der Waals surface area contributed by atoms with Crippen LogP contribution in [0.1, 0.15) is 25.8 Å². The van der Waals surface area contributed by atoms with Crippen molar-refractivity contribution in [3.05, 3.63) is 48.0 Å². The molecule has 3 rings (SSSR count). The van der Waals surface area contributed by atoms with Crippen molar-refractivity contribution < 1.29 is 13.2 Å². The van der Waals surface area contributed by atoms with E-state index >= 15 is 0 Å². The van der Waals surface area contributed by atoms with Crippen LogP contribution in [-0.2, 0) is 21.1 Å². The zero-order valence-corrected chi connectivity index (χ0v) is 14.9. The van der Waals surface area contributed by atoms with Gasteiger partial charge in [-0.3, -0.25) is 4.79 Å². The van der Waals surface area contributed by atoms with E-state index in [4.69, 9.17) is 0 Å². The van der Waals surface area contributed by atoms with Crippen LogP contribution in [0.15, 0.2) is 47.4 Å². The summed E-state index contributed by atoms with van der Waals surface area (Å²) in [5, 5.41) is 0. The first-order valence-electron chi connectivity index (χ1n) is 8.00. The highest BCUT2D eigenvalue weighted by molar-refractivity contribution is 7.90. The molecule has 0 aliphatic carbocycles. The van der Waals surface area contributed by atoms with E-state index in [0.29, 0.717) is 4.90 Å². The molecule has 0 fully saturated rings. The Hall–Kier alpha value is -2.14. The number of hydrogen-bond acceptors (Lipinski definition) is 3. The van der Waals surface area contributed by atoms with E-state index < -0.39 is 9.84 Å². The number of carbonyl (C=O) groups excluding carboxylic acids is 1. The van der Waals surface area contributed by atoms with Gasteiger partial charge in [-0.1, -0.05) is 18.2 Å². The maximum Gasteiger partial charge on any atom is 0.224 e. The highest BCUT2D eigenvalue weighted by Crippen LogP contribution is 2.34. The van der Waals surface area contributed by atoms with Gasteiger partial charge in [0.05, 0.1) is 4.90 Å². The largest absolute Gasteiger partial charge is 0.310 e. The summed E-state index contributed by atoms with van der Waals surface area (Å²) in [5.74, 6) is 0.0636. The average Bonchev–Trinajstić information content (AvgIpc) is 2.53. The van der Waals surface area contributed by atoms with Crippen molar-refractivity contribution in [3.63, 3.8) is 0 Å². The van der Waals surface area contributed by atoms with Crippen molar-refractivity contribution in [3.8, 4) is 11.1 Å². The maximum atomic E-state index is 11.9. The van der Waals surface area contributed by atoms with Gasteiger partial charge < -0.3 is 4.90 Å². The Kier molecular flexibility index (Phi) is 4.22. The smallest absolute Gasteiger partial charge is 0.224 e. The van der Waals surface area contributed by atoms with Crippen molar-refractivity contribution >= 4 is 21.4 Å². The summed E-state index contributed by atoms with van der Waals surface area (Å²) in [5.41, 5.74) is 4.15. The predicted octanol–water partition coefficient (Wildman–Crippen LogP) is 3.44. The highest BCUT2D eigenvalue weighted by atomic mass is 32.2. The Bertz CT molecular complexity index is 885. The molecule has 1 aliphatic heterocycles. The van der Waals surface area contributed by atoms with Gasteiger partial charge >= 0.3 is 0 Å². The second-order valence-electron chi connectivity index (χ2n) is 6.42. The Morgan fingerprint density at radius 3 is 2.29 bits per heavy atom. The van der Waals surface area contributed by atoms with E-state index in [1.807, 2.05) is 29.2 Å². The number of rotatable bonds is 2. The molecule has 0 saturated carbocycles. The average molecular weight is 343 g/mol. The molecule has 0 bridgehead atoms. The lowest BCUT2D eigenvalue weighted by molar-refractivity contribution is -0.117. The van der Waals surface area contributed by atoms with E-state index in [1.165, 1.54) is 6.26 Å². The molecule has 1 aliphatic rings. The van der Waals surface area contributed by atoms with Gasteiger partial charge in [-0.15, -0.1) is 0 Å². The number of aryl methyl sites for hydroxylation is 1.